The zero-order chi connectivity index (χ0) is 18.9. The zero-order valence-electron chi connectivity index (χ0n) is 15.5. The normalized spacial score (nSPS) is 16.4. The molecule has 4 nitrogen and oxygen atoms in total. The van der Waals surface area contributed by atoms with E-state index in [1.54, 1.807) is 25.1 Å². The van der Waals surface area contributed by atoms with Crippen molar-refractivity contribution < 1.29 is 13.2 Å². The Balaban J connectivity index is 2.03. The van der Waals surface area contributed by atoms with E-state index >= 15 is 0 Å². The Bertz CT molecular complexity index is 924. The van der Waals surface area contributed by atoms with Crippen molar-refractivity contribution in [2.45, 2.75) is 56.1 Å². The molecule has 0 aliphatic heterocycles. The largest absolute Gasteiger partial charge is 0.325 e. The van der Waals surface area contributed by atoms with E-state index in [1.807, 2.05) is 38.1 Å². The molecule has 0 unspecified atom stereocenters. The minimum atomic E-state index is -3.79. The summed E-state index contributed by atoms with van der Waals surface area (Å²) in [4.78, 5) is 13.4. The van der Waals surface area contributed by atoms with E-state index in [2.05, 4.69) is 5.32 Å². The third-order valence-electron chi connectivity index (χ3n) is 5.28. The maximum absolute atomic E-state index is 13.6. The molecule has 1 aliphatic carbocycles. The van der Waals surface area contributed by atoms with Gasteiger partial charge in [0.05, 0.1) is 4.90 Å². The number of benzene rings is 2. The van der Waals surface area contributed by atoms with Gasteiger partial charge in [0.15, 0.2) is 14.6 Å². The van der Waals surface area contributed by atoms with Gasteiger partial charge in [-0.25, -0.2) is 8.42 Å². The van der Waals surface area contributed by atoms with Crippen molar-refractivity contribution in [3.05, 3.63) is 59.2 Å². The van der Waals surface area contributed by atoms with Crippen LogP contribution in [0.1, 0.15) is 42.4 Å². The standard InChI is InChI=1S/C21H25NO3S/c1-15-7-10-18(11-8-15)22-20(23)21(12-4-5-13-21)26(24,25)19-14-16(2)6-9-17(19)3/h6-11,14H,4-5,12-13H2,1-3H3,(H,22,23). The lowest BCUT2D eigenvalue weighted by atomic mass is 10.1. The molecule has 1 aliphatic rings. The van der Waals surface area contributed by atoms with Crippen LogP contribution < -0.4 is 5.32 Å². The first-order chi connectivity index (χ1) is 12.3. The van der Waals surface area contributed by atoms with Crippen LogP contribution in [0.15, 0.2) is 47.4 Å². The molecule has 138 valence electrons. The predicted octanol–water partition coefficient (Wildman–Crippen LogP) is 4.34. The SMILES string of the molecule is Cc1ccc(NC(=O)C2(S(=O)(=O)c3cc(C)ccc3C)CCCC2)cc1. The lowest BCUT2D eigenvalue weighted by Crippen LogP contribution is -2.47. The molecule has 0 heterocycles. The molecule has 2 aromatic carbocycles. The summed E-state index contributed by atoms with van der Waals surface area (Å²) in [5.41, 5.74) is 3.27. The van der Waals surface area contributed by atoms with Crippen molar-refractivity contribution in [3.63, 3.8) is 0 Å². The second-order valence-corrected chi connectivity index (χ2v) is 9.52. The first-order valence-corrected chi connectivity index (χ1v) is 10.4. The molecular weight excluding hydrogens is 346 g/mol. The van der Waals surface area contributed by atoms with E-state index in [0.29, 0.717) is 24.1 Å². The van der Waals surface area contributed by atoms with Crippen LogP contribution in [-0.4, -0.2) is 19.1 Å². The number of aryl methyl sites for hydroxylation is 3. The fourth-order valence-electron chi connectivity index (χ4n) is 3.65. The molecule has 0 saturated heterocycles. The van der Waals surface area contributed by atoms with Crippen LogP contribution in [0.4, 0.5) is 5.69 Å². The van der Waals surface area contributed by atoms with E-state index in [9.17, 15) is 13.2 Å². The van der Waals surface area contributed by atoms with Crippen molar-refractivity contribution in [1.82, 2.24) is 0 Å². The van der Waals surface area contributed by atoms with E-state index in [-0.39, 0.29) is 4.90 Å². The summed E-state index contributed by atoms with van der Waals surface area (Å²) in [6.45, 7) is 5.62. The molecular formula is C21H25NO3S. The number of hydrogen-bond acceptors (Lipinski definition) is 3. The third kappa shape index (κ3) is 3.16. The lowest BCUT2D eigenvalue weighted by Gasteiger charge is -2.28. The number of carbonyl (C=O) groups excluding carboxylic acids is 1. The smallest absolute Gasteiger partial charge is 0.246 e. The summed E-state index contributed by atoms with van der Waals surface area (Å²) >= 11 is 0. The van der Waals surface area contributed by atoms with Gasteiger partial charge in [0, 0.05) is 5.69 Å². The van der Waals surface area contributed by atoms with Crippen molar-refractivity contribution in [2.24, 2.45) is 0 Å². The van der Waals surface area contributed by atoms with E-state index in [4.69, 9.17) is 0 Å². The minimum Gasteiger partial charge on any atom is -0.325 e. The fourth-order valence-corrected chi connectivity index (χ4v) is 6.03. The topological polar surface area (TPSA) is 63.2 Å². The molecule has 0 spiro atoms. The number of amides is 1. The molecule has 5 heteroatoms. The number of rotatable bonds is 4. The Morgan fingerprint density at radius 2 is 1.50 bits per heavy atom. The Morgan fingerprint density at radius 3 is 2.12 bits per heavy atom. The van der Waals surface area contributed by atoms with Gasteiger partial charge in [-0.2, -0.15) is 0 Å². The molecule has 26 heavy (non-hydrogen) atoms. The minimum absolute atomic E-state index is 0.276. The molecule has 0 radical (unpaired) electrons. The van der Waals surface area contributed by atoms with Crippen LogP contribution in [-0.2, 0) is 14.6 Å². The molecule has 1 amide bonds. The molecule has 3 rings (SSSR count). The Hall–Kier alpha value is -2.14. The van der Waals surface area contributed by atoms with Crippen LogP contribution in [0.3, 0.4) is 0 Å². The van der Waals surface area contributed by atoms with Crippen LogP contribution >= 0.6 is 0 Å². The van der Waals surface area contributed by atoms with Crippen LogP contribution in [0.2, 0.25) is 0 Å². The summed E-state index contributed by atoms with van der Waals surface area (Å²) in [7, 11) is -3.79. The van der Waals surface area contributed by atoms with Gasteiger partial charge in [0.25, 0.3) is 0 Å². The van der Waals surface area contributed by atoms with Crippen LogP contribution in [0, 0.1) is 20.8 Å². The zero-order valence-corrected chi connectivity index (χ0v) is 16.3. The summed E-state index contributed by atoms with van der Waals surface area (Å²) in [6.07, 6.45) is 2.21. The fraction of sp³-hybridized carbons (Fsp3) is 0.381. The Morgan fingerprint density at radius 1 is 0.923 bits per heavy atom. The second-order valence-electron chi connectivity index (χ2n) is 7.29. The van der Waals surface area contributed by atoms with Gasteiger partial charge in [-0.1, -0.05) is 42.7 Å². The summed E-state index contributed by atoms with van der Waals surface area (Å²) < 4.78 is 25.7. The first-order valence-electron chi connectivity index (χ1n) is 8.96. The Labute approximate surface area is 155 Å². The van der Waals surface area contributed by atoms with Gasteiger partial charge in [-0.15, -0.1) is 0 Å². The van der Waals surface area contributed by atoms with Gasteiger partial charge < -0.3 is 5.32 Å². The van der Waals surface area contributed by atoms with Crippen molar-refractivity contribution >= 4 is 21.4 Å². The predicted molar refractivity (Wildman–Crippen MR) is 104 cm³/mol. The quantitative estimate of drug-likeness (QED) is 0.870. The van der Waals surface area contributed by atoms with Crippen molar-refractivity contribution in [1.29, 1.82) is 0 Å². The average molecular weight is 372 g/mol. The molecule has 1 N–H and O–H groups in total. The highest BCUT2D eigenvalue weighted by molar-refractivity contribution is 7.93. The number of nitrogens with one attached hydrogen (secondary N) is 1. The Kier molecular flexibility index (Phi) is 4.93. The van der Waals surface area contributed by atoms with Gasteiger partial charge >= 0.3 is 0 Å². The number of sulfone groups is 1. The molecule has 1 saturated carbocycles. The lowest BCUT2D eigenvalue weighted by molar-refractivity contribution is -0.118. The number of carbonyl (C=O) groups is 1. The van der Waals surface area contributed by atoms with Gasteiger partial charge in [0.1, 0.15) is 0 Å². The maximum Gasteiger partial charge on any atom is 0.246 e. The van der Waals surface area contributed by atoms with Crippen molar-refractivity contribution in [2.75, 3.05) is 5.32 Å². The highest BCUT2D eigenvalue weighted by Gasteiger charge is 2.53. The first kappa shape index (κ1) is 18.6. The number of anilines is 1. The van der Waals surface area contributed by atoms with Gasteiger partial charge in [-0.05, 0) is 62.9 Å². The van der Waals surface area contributed by atoms with E-state index < -0.39 is 20.5 Å². The second kappa shape index (κ2) is 6.88. The van der Waals surface area contributed by atoms with Crippen LogP contribution in [0.5, 0.6) is 0 Å². The van der Waals surface area contributed by atoms with Crippen molar-refractivity contribution in [3.8, 4) is 0 Å². The van der Waals surface area contributed by atoms with E-state index in [0.717, 1.165) is 24.0 Å². The average Bonchev–Trinajstić information content (AvgIpc) is 3.11. The van der Waals surface area contributed by atoms with E-state index in [1.165, 1.54) is 0 Å². The summed E-state index contributed by atoms with van der Waals surface area (Å²) in [5, 5.41) is 2.84. The third-order valence-corrected chi connectivity index (χ3v) is 7.92. The molecule has 0 atom stereocenters. The molecule has 0 aromatic heterocycles. The molecule has 0 bridgehead atoms. The highest BCUT2D eigenvalue weighted by Crippen LogP contribution is 2.42. The highest BCUT2D eigenvalue weighted by atomic mass is 32.2. The van der Waals surface area contributed by atoms with Gasteiger partial charge in [0.2, 0.25) is 5.91 Å². The summed E-state index contributed by atoms with van der Waals surface area (Å²) in [6, 6.07) is 12.8. The molecule has 2 aromatic rings. The number of hydrogen-bond donors (Lipinski definition) is 1. The van der Waals surface area contributed by atoms with Gasteiger partial charge in [-0.3, -0.25) is 4.79 Å². The summed E-state index contributed by atoms with van der Waals surface area (Å²) in [5.74, 6) is -0.417. The van der Waals surface area contributed by atoms with Crippen LogP contribution in [0.25, 0.3) is 0 Å². The maximum atomic E-state index is 13.6. The monoisotopic (exact) mass is 371 g/mol. The molecule has 1 fully saturated rings.